The Hall–Kier alpha value is -0.840. The van der Waals surface area contributed by atoms with E-state index in [1.54, 1.807) is 6.07 Å². The van der Waals surface area contributed by atoms with Crippen molar-refractivity contribution in [1.29, 1.82) is 0 Å². The van der Waals surface area contributed by atoms with Crippen LogP contribution in [-0.2, 0) is 6.61 Å². The van der Waals surface area contributed by atoms with E-state index in [9.17, 15) is 0 Å². The lowest BCUT2D eigenvalue weighted by Gasteiger charge is -2.21. The summed E-state index contributed by atoms with van der Waals surface area (Å²) in [5, 5.41) is 9.68. The van der Waals surface area contributed by atoms with E-state index < -0.39 is 0 Å². The van der Waals surface area contributed by atoms with Crippen molar-refractivity contribution in [3.8, 4) is 0 Å². The van der Waals surface area contributed by atoms with Crippen LogP contribution < -0.4 is 4.90 Å². The van der Waals surface area contributed by atoms with Gasteiger partial charge in [-0.2, -0.15) is 0 Å². The summed E-state index contributed by atoms with van der Waals surface area (Å²) in [5.41, 5.74) is 0.553. The van der Waals surface area contributed by atoms with Crippen LogP contribution in [0.5, 0.6) is 0 Å². The summed E-state index contributed by atoms with van der Waals surface area (Å²) in [4.78, 5) is 8.87. The van der Waals surface area contributed by atoms with Crippen molar-refractivity contribution in [3.63, 3.8) is 0 Å². The monoisotopic (exact) mass is 255 g/mol. The minimum Gasteiger partial charge on any atom is -0.390 e. The van der Waals surface area contributed by atoms with Gasteiger partial charge in [0, 0.05) is 19.1 Å². The van der Waals surface area contributed by atoms with Crippen LogP contribution in [0.1, 0.15) is 12.1 Å². The summed E-state index contributed by atoms with van der Waals surface area (Å²) in [7, 11) is 4.20. The van der Waals surface area contributed by atoms with Gasteiger partial charge in [0.2, 0.25) is 0 Å². The third kappa shape index (κ3) is 2.70. The molecule has 0 radical (unpaired) electrons. The first-order chi connectivity index (χ1) is 8.11. The van der Waals surface area contributed by atoms with Crippen molar-refractivity contribution in [2.45, 2.75) is 19.1 Å². The lowest BCUT2D eigenvalue weighted by atomic mass is 10.2. The molecule has 1 aliphatic heterocycles. The predicted molar refractivity (Wildman–Crippen MR) is 69.5 cm³/mol. The second-order valence-electron chi connectivity index (χ2n) is 4.61. The maximum absolute atomic E-state index is 9.15. The molecule has 5 heteroatoms. The molecule has 2 heterocycles. The fourth-order valence-corrected chi connectivity index (χ4v) is 2.30. The van der Waals surface area contributed by atoms with Gasteiger partial charge in [0.25, 0.3) is 0 Å². The molecule has 0 aromatic carbocycles. The van der Waals surface area contributed by atoms with Gasteiger partial charge < -0.3 is 14.9 Å². The number of aliphatic hydroxyl groups excluding tert-OH is 1. The molecule has 1 aromatic rings. The summed E-state index contributed by atoms with van der Waals surface area (Å²) in [5.74, 6) is 0.905. The van der Waals surface area contributed by atoms with E-state index in [0.717, 1.165) is 25.3 Å². The SMILES string of the molecule is CN(C)C1CCN(c2ccc(Cl)c(CO)n2)C1. The molecule has 94 valence electrons. The number of aromatic nitrogens is 1. The van der Waals surface area contributed by atoms with Gasteiger partial charge in [-0.15, -0.1) is 0 Å². The molecule has 0 amide bonds. The van der Waals surface area contributed by atoms with E-state index in [4.69, 9.17) is 16.7 Å². The Morgan fingerprint density at radius 2 is 2.29 bits per heavy atom. The molecule has 17 heavy (non-hydrogen) atoms. The Bertz CT molecular complexity index is 397. The number of aliphatic hydroxyl groups is 1. The zero-order chi connectivity index (χ0) is 12.4. The molecule has 0 spiro atoms. The lowest BCUT2D eigenvalue weighted by molar-refractivity contribution is 0.277. The highest BCUT2D eigenvalue weighted by molar-refractivity contribution is 6.31. The predicted octanol–water partition coefficient (Wildman–Crippen LogP) is 1.37. The lowest BCUT2D eigenvalue weighted by Crippen LogP contribution is -2.31. The van der Waals surface area contributed by atoms with E-state index >= 15 is 0 Å². The van der Waals surface area contributed by atoms with Gasteiger partial charge in [-0.25, -0.2) is 4.98 Å². The van der Waals surface area contributed by atoms with Crippen molar-refractivity contribution in [2.24, 2.45) is 0 Å². The highest BCUT2D eigenvalue weighted by Gasteiger charge is 2.25. The van der Waals surface area contributed by atoms with Gasteiger partial charge in [0.1, 0.15) is 5.82 Å². The van der Waals surface area contributed by atoms with Crippen molar-refractivity contribution in [3.05, 3.63) is 22.8 Å². The van der Waals surface area contributed by atoms with Crippen LogP contribution in [0.25, 0.3) is 0 Å². The smallest absolute Gasteiger partial charge is 0.129 e. The average Bonchev–Trinajstić information content (AvgIpc) is 2.79. The number of hydrogen-bond acceptors (Lipinski definition) is 4. The highest BCUT2D eigenvalue weighted by atomic mass is 35.5. The molecular weight excluding hydrogens is 238 g/mol. The molecule has 0 bridgehead atoms. The van der Waals surface area contributed by atoms with Crippen molar-refractivity contribution in [1.82, 2.24) is 9.88 Å². The number of rotatable bonds is 3. The molecule has 0 saturated carbocycles. The number of nitrogens with zero attached hydrogens (tertiary/aromatic N) is 3. The van der Waals surface area contributed by atoms with E-state index in [-0.39, 0.29) is 6.61 Å². The minimum absolute atomic E-state index is 0.113. The number of anilines is 1. The van der Waals surface area contributed by atoms with Crippen LogP contribution in [0.2, 0.25) is 5.02 Å². The topological polar surface area (TPSA) is 39.6 Å². The third-order valence-corrected chi connectivity index (χ3v) is 3.62. The molecule has 2 rings (SSSR count). The number of likely N-dealkylation sites (N-methyl/N-ethyl adjacent to an activating group) is 1. The fourth-order valence-electron chi connectivity index (χ4n) is 2.13. The van der Waals surface area contributed by atoms with E-state index in [0.29, 0.717) is 16.8 Å². The zero-order valence-electron chi connectivity index (χ0n) is 10.2. The molecule has 4 nitrogen and oxygen atoms in total. The molecule has 1 N–H and O–H groups in total. The first kappa shape index (κ1) is 12.6. The normalized spacial score (nSPS) is 20.3. The Labute approximate surface area is 107 Å². The molecular formula is C12H18ClN3O. The molecule has 1 fully saturated rings. The molecule has 1 saturated heterocycles. The largest absolute Gasteiger partial charge is 0.390 e. The van der Waals surface area contributed by atoms with Gasteiger partial charge in [-0.05, 0) is 32.6 Å². The summed E-state index contributed by atoms with van der Waals surface area (Å²) >= 11 is 5.93. The molecule has 1 aliphatic rings. The first-order valence-corrected chi connectivity index (χ1v) is 6.17. The van der Waals surface area contributed by atoms with Gasteiger partial charge in [0.05, 0.1) is 17.3 Å². The van der Waals surface area contributed by atoms with E-state index in [1.165, 1.54) is 0 Å². The van der Waals surface area contributed by atoms with Crippen molar-refractivity contribution < 1.29 is 5.11 Å². The second kappa shape index (κ2) is 5.21. The average molecular weight is 256 g/mol. The van der Waals surface area contributed by atoms with Crippen LogP contribution in [0.3, 0.4) is 0 Å². The molecule has 1 unspecified atom stereocenters. The number of halogens is 1. The molecule has 1 atom stereocenters. The minimum atomic E-state index is -0.113. The maximum Gasteiger partial charge on any atom is 0.129 e. The fraction of sp³-hybridized carbons (Fsp3) is 0.583. The van der Waals surface area contributed by atoms with Gasteiger partial charge in [-0.1, -0.05) is 11.6 Å². The van der Waals surface area contributed by atoms with E-state index in [1.807, 2.05) is 6.07 Å². The van der Waals surface area contributed by atoms with E-state index in [2.05, 4.69) is 28.9 Å². The highest BCUT2D eigenvalue weighted by Crippen LogP contribution is 2.23. The van der Waals surface area contributed by atoms with Crippen LogP contribution in [-0.4, -0.2) is 48.2 Å². The van der Waals surface area contributed by atoms with Gasteiger partial charge >= 0.3 is 0 Å². The third-order valence-electron chi connectivity index (χ3n) is 3.27. The quantitative estimate of drug-likeness (QED) is 0.886. The second-order valence-corrected chi connectivity index (χ2v) is 5.02. The first-order valence-electron chi connectivity index (χ1n) is 5.79. The number of pyridine rings is 1. The standard InChI is InChI=1S/C12H18ClN3O/c1-15(2)9-5-6-16(7-9)12-4-3-10(13)11(8-17)14-12/h3-4,9,17H,5-8H2,1-2H3. The van der Waals surface area contributed by atoms with Crippen molar-refractivity contribution >= 4 is 17.4 Å². The Morgan fingerprint density at radius 1 is 1.53 bits per heavy atom. The Morgan fingerprint density at radius 3 is 2.88 bits per heavy atom. The maximum atomic E-state index is 9.15. The summed E-state index contributed by atoms with van der Waals surface area (Å²) in [6.45, 7) is 1.87. The molecule has 0 aliphatic carbocycles. The van der Waals surface area contributed by atoms with Crippen LogP contribution in [0.4, 0.5) is 5.82 Å². The summed E-state index contributed by atoms with van der Waals surface area (Å²) in [6, 6.07) is 4.29. The van der Waals surface area contributed by atoms with Crippen LogP contribution in [0.15, 0.2) is 12.1 Å². The zero-order valence-corrected chi connectivity index (χ0v) is 11.0. The molecule has 1 aromatic heterocycles. The van der Waals surface area contributed by atoms with Crippen LogP contribution in [0, 0.1) is 0 Å². The van der Waals surface area contributed by atoms with Gasteiger partial charge in [0.15, 0.2) is 0 Å². The Balaban J connectivity index is 2.13. The van der Waals surface area contributed by atoms with Crippen LogP contribution >= 0.6 is 11.6 Å². The van der Waals surface area contributed by atoms with Crippen molar-refractivity contribution in [2.75, 3.05) is 32.1 Å². The summed E-state index contributed by atoms with van der Waals surface area (Å²) < 4.78 is 0. The summed E-state index contributed by atoms with van der Waals surface area (Å²) in [6.07, 6.45) is 1.14. The number of hydrogen-bond donors (Lipinski definition) is 1. The Kier molecular flexibility index (Phi) is 3.86. The van der Waals surface area contributed by atoms with Gasteiger partial charge in [-0.3, -0.25) is 0 Å².